The third kappa shape index (κ3) is 2.26. The Morgan fingerprint density at radius 3 is 3.21 bits per heavy atom. The first-order valence-electron chi connectivity index (χ1n) is 5.29. The molecule has 1 aromatic heterocycles. The van der Waals surface area contributed by atoms with Crippen LogP contribution < -0.4 is 5.32 Å². The number of aromatic nitrogens is 3. The lowest BCUT2D eigenvalue weighted by atomic mass is 10.1. The van der Waals surface area contributed by atoms with Gasteiger partial charge in [-0.15, -0.1) is 5.10 Å². The number of nitrogens with zero attached hydrogens (tertiary/aromatic N) is 3. The molecular formula is C10H16N4. The van der Waals surface area contributed by atoms with Crippen molar-refractivity contribution in [3.63, 3.8) is 0 Å². The lowest BCUT2D eigenvalue weighted by molar-refractivity contribution is 0.576. The van der Waals surface area contributed by atoms with Crippen LogP contribution in [0.25, 0.3) is 0 Å². The van der Waals surface area contributed by atoms with Crippen molar-refractivity contribution in [2.75, 3.05) is 6.54 Å². The van der Waals surface area contributed by atoms with Crippen LogP contribution in [0.1, 0.15) is 31.3 Å². The molecular weight excluding hydrogens is 176 g/mol. The Morgan fingerprint density at radius 2 is 2.50 bits per heavy atom. The number of aryl methyl sites for hydroxylation is 1. The zero-order chi connectivity index (χ0) is 9.80. The predicted octanol–water partition coefficient (Wildman–Crippen LogP) is 0.728. The minimum Gasteiger partial charge on any atom is -0.314 e. The molecule has 0 radical (unpaired) electrons. The van der Waals surface area contributed by atoms with Crippen LogP contribution >= 0.6 is 0 Å². The molecule has 0 spiro atoms. The molecule has 1 aromatic rings. The van der Waals surface area contributed by atoms with Gasteiger partial charge in [0.1, 0.15) is 0 Å². The first-order valence-corrected chi connectivity index (χ1v) is 5.29. The van der Waals surface area contributed by atoms with Crippen molar-refractivity contribution in [1.82, 2.24) is 20.5 Å². The van der Waals surface area contributed by atoms with Crippen LogP contribution in [0.15, 0.2) is 6.20 Å². The van der Waals surface area contributed by atoms with Crippen molar-refractivity contribution in [2.24, 2.45) is 0 Å². The van der Waals surface area contributed by atoms with E-state index in [1.54, 1.807) is 6.20 Å². The predicted molar refractivity (Wildman–Crippen MR) is 53.9 cm³/mol. The summed E-state index contributed by atoms with van der Waals surface area (Å²) in [5.41, 5.74) is 1.04. The van der Waals surface area contributed by atoms with E-state index in [4.69, 9.17) is 0 Å². The number of hydrogen-bond donors (Lipinski definition) is 1. The van der Waals surface area contributed by atoms with Gasteiger partial charge in [0, 0.05) is 12.5 Å². The zero-order valence-corrected chi connectivity index (χ0v) is 8.53. The second-order valence-corrected chi connectivity index (χ2v) is 3.71. The van der Waals surface area contributed by atoms with Gasteiger partial charge in [-0.2, -0.15) is 5.10 Å². The van der Waals surface area contributed by atoms with Gasteiger partial charge in [0.15, 0.2) is 5.82 Å². The fourth-order valence-electron chi connectivity index (χ4n) is 1.79. The molecule has 4 heteroatoms. The summed E-state index contributed by atoms with van der Waals surface area (Å²) in [5, 5.41) is 11.4. The van der Waals surface area contributed by atoms with E-state index in [0.29, 0.717) is 6.04 Å². The molecule has 1 N–H and O–H groups in total. The summed E-state index contributed by atoms with van der Waals surface area (Å²) >= 11 is 0. The maximum Gasteiger partial charge on any atom is 0.152 e. The van der Waals surface area contributed by atoms with Crippen LogP contribution in [0.4, 0.5) is 0 Å². The fraction of sp³-hybridized carbons (Fsp3) is 0.700. The maximum atomic E-state index is 4.44. The third-order valence-electron chi connectivity index (χ3n) is 2.61. The SMILES string of the molecule is CCc1cnnc(CC2CCCN2)n1. The van der Waals surface area contributed by atoms with E-state index in [1.807, 2.05) is 0 Å². The Balaban J connectivity index is 2.00. The molecule has 4 nitrogen and oxygen atoms in total. The summed E-state index contributed by atoms with van der Waals surface area (Å²) in [7, 11) is 0. The van der Waals surface area contributed by atoms with Gasteiger partial charge in [-0.25, -0.2) is 4.98 Å². The summed E-state index contributed by atoms with van der Waals surface area (Å²) in [4.78, 5) is 4.44. The van der Waals surface area contributed by atoms with E-state index in [1.165, 1.54) is 12.8 Å². The van der Waals surface area contributed by atoms with E-state index >= 15 is 0 Å². The molecule has 1 aliphatic rings. The van der Waals surface area contributed by atoms with Gasteiger partial charge in [-0.3, -0.25) is 0 Å². The lowest BCUT2D eigenvalue weighted by Crippen LogP contribution is -2.25. The average Bonchev–Trinajstić information content (AvgIpc) is 2.71. The van der Waals surface area contributed by atoms with Crippen LogP contribution in [-0.2, 0) is 12.8 Å². The van der Waals surface area contributed by atoms with E-state index < -0.39 is 0 Å². The molecule has 1 unspecified atom stereocenters. The lowest BCUT2D eigenvalue weighted by Gasteiger charge is -2.08. The third-order valence-corrected chi connectivity index (χ3v) is 2.61. The summed E-state index contributed by atoms with van der Waals surface area (Å²) in [6.45, 7) is 3.22. The van der Waals surface area contributed by atoms with Gasteiger partial charge in [0.2, 0.25) is 0 Å². The molecule has 1 aliphatic heterocycles. The van der Waals surface area contributed by atoms with Gasteiger partial charge in [-0.1, -0.05) is 6.92 Å². The quantitative estimate of drug-likeness (QED) is 0.767. The molecule has 2 rings (SSSR count). The second kappa shape index (κ2) is 4.46. The van der Waals surface area contributed by atoms with Crippen LogP contribution in [0.3, 0.4) is 0 Å². The van der Waals surface area contributed by atoms with Crippen molar-refractivity contribution in [3.05, 3.63) is 17.7 Å². The van der Waals surface area contributed by atoms with Gasteiger partial charge in [0.25, 0.3) is 0 Å². The number of nitrogens with one attached hydrogen (secondary N) is 1. The fourth-order valence-corrected chi connectivity index (χ4v) is 1.79. The highest BCUT2D eigenvalue weighted by Crippen LogP contribution is 2.08. The Labute approximate surface area is 84.2 Å². The number of hydrogen-bond acceptors (Lipinski definition) is 4. The first kappa shape index (κ1) is 9.52. The summed E-state index contributed by atoms with van der Waals surface area (Å²) in [5.74, 6) is 0.878. The smallest absolute Gasteiger partial charge is 0.152 e. The summed E-state index contributed by atoms with van der Waals surface area (Å²) in [6.07, 6.45) is 6.10. The minimum atomic E-state index is 0.559. The van der Waals surface area contributed by atoms with Crippen LogP contribution in [0, 0.1) is 0 Å². The van der Waals surface area contributed by atoms with Crippen molar-refractivity contribution in [2.45, 2.75) is 38.6 Å². The first-order chi connectivity index (χ1) is 6.88. The Kier molecular flexibility index (Phi) is 3.03. The molecule has 0 saturated carbocycles. The van der Waals surface area contributed by atoms with Crippen LogP contribution in [0.5, 0.6) is 0 Å². The zero-order valence-electron chi connectivity index (χ0n) is 8.53. The highest BCUT2D eigenvalue weighted by molar-refractivity contribution is 4.98. The van der Waals surface area contributed by atoms with Gasteiger partial charge >= 0.3 is 0 Å². The molecule has 1 atom stereocenters. The standard InChI is InChI=1S/C10H16N4/c1-2-8-7-12-14-10(13-8)6-9-4-3-5-11-9/h7,9,11H,2-6H2,1H3. The van der Waals surface area contributed by atoms with E-state index in [2.05, 4.69) is 27.4 Å². The Morgan fingerprint density at radius 1 is 1.57 bits per heavy atom. The van der Waals surface area contributed by atoms with Gasteiger partial charge < -0.3 is 5.32 Å². The summed E-state index contributed by atoms with van der Waals surface area (Å²) in [6, 6.07) is 0.559. The largest absolute Gasteiger partial charge is 0.314 e. The average molecular weight is 192 g/mol. The van der Waals surface area contributed by atoms with E-state index in [9.17, 15) is 0 Å². The van der Waals surface area contributed by atoms with E-state index in [0.717, 1.165) is 30.9 Å². The molecule has 1 saturated heterocycles. The molecule has 0 amide bonds. The molecule has 76 valence electrons. The minimum absolute atomic E-state index is 0.559. The maximum absolute atomic E-state index is 4.44. The molecule has 2 heterocycles. The molecule has 0 aliphatic carbocycles. The normalized spacial score (nSPS) is 21.4. The molecule has 0 bridgehead atoms. The van der Waals surface area contributed by atoms with Crippen LogP contribution in [0.2, 0.25) is 0 Å². The highest BCUT2D eigenvalue weighted by Gasteiger charge is 2.15. The molecule has 1 fully saturated rings. The van der Waals surface area contributed by atoms with Crippen molar-refractivity contribution >= 4 is 0 Å². The Bertz CT molecular complexity index is 294. The van der Waals surface area contributed by atoms with Gasteiger partial charge in [-0.05, 0) is 25.8 Å². The highest BCUT2D eigenvalue weighted by atomic mass is 15.1. The van der Waals surface area contributed by atoms with Gasteiger partial charge in [0.05, 0.1) is 11.9 Å². The molecule has 0 aromatic carbocycles. The Hall–Kier alpha value is -1.03. The number of rotatable bonds is 3. The molecule has 14 heavy (non-hydrogen) atoms. The topological polar surface area (TPSA) is 50.7 Å². The van der Waals surface area contributed by atoms with E-state index in [-0.39, 0.29) is 0 Å². The summed E-state index contributed by atoms with van der Waals surface area (Å²) < 4.78 is 0. The second-order valence-electron chi connectivity index (χ2n) is 3.71. The van der Waals surface area contributed by atoms with Crippen molar-refractivity contribution in [3.8, 4) is 0 Å². The van der Waals surface area contributed by atoms with Crippen molar-refractivity contribution < 1.29 is 0 Å². The van der Waals surface area contributed by atoms with Crippen LogP contribution in [-0.4, -0.2) is 27.8 Å². The monoisotopic (exact) mass is 192 g/mol. The van der Waals surface area contributed by atoms with Crippen molar-refractivity contribution in [1.29, 1.82) is 0 Å².